The monoisotopic (exact) mass is 333 g/mol. The third-order valence-electron chi connectivity index (χ3n) is 5.46. The standard InChI is InChI=1S/C19H24FNO3/c1-21(11-15-4-2-3-5-17(15)20)18(22)12-24-19(23)10-16-9-13-6-7-14(16)8-13/h2-5,13-14,16H,6-12H2,1H3. The summed E-state index contributed by atoms with van der Waals surface area (Å²) in [6.45, 7) is -0.111. The zero-order valence-electron chi connectivity index (χ0n) is 14.0. The van der Waals surface area contributed by atoms with Crippen molar-refractivity contribution in [2.75, 3.05) is 13.7 Å². The Bertz CT molecular complexity index is 618. The molecule has 24 heavy (non-hydrogen) atoms. The highest BCUT2D eigenvalue weighted by Gasteiger charge is 2.40. The van der Waals surface area contributed by atoms with Gasteiger partial charge in [0.1, 0.15) is 5.82 Å². The number of carbonyl (C=O) groups excluding carboxylic acids is 2. The molecule has 2 fully saturated rings. The lowest BCUT2D eigenvalue weighted by Crippen LogP contribution is -2.31. The third-order valence-corrected chi connectivity index (χ3v) is 5.46. The molecule has 3 rings (SSSR count). The van der Waals surface area contributed by atoms with Crippen LogP contribution in [-0.2, 0) is 20.9 Å². The van der Waals surface area contributed by atoms with Crippen LogP contribution >= 0.6 is 0 Å². The molecule has 3 unspecified atom stereocenters. The number of carbonyl (C=O) groups is 2. The first-order valence-electron chi connectivity index (χ1n) is 8.66. The van der Waals surface area contributed by atoms with Crippen molar-refractivity contribution in [2.24, 2.45) is 17.8 Å². The van der Waals surface area contributed by atoms with Crippen LogP contribution in [0.5, 0.6) is 0 Å². The molecule has 1 aromatic carbocycles. The number of esters is 1. The number of nitrogens with zero attached hydrogens (tertiary/aromatic N) is 1. The van der Waals surface area contributed by atoms with E-state index in [1.54, 1.807) is 25.2 Å². The predicted octanol–water partition coefficient (Wildman–Crippen LogP) is 3.15. The van der Waals surface area contributed by atoms with Gasteiger partial charge in [-0.25, -0.2) is 4.39 Å². The van der Waals surface area contributed by atoms with Gasteiger partial charge in [-0.2, -0.15) is 0 Å². The summed E-state index contributed by atoms with van der Waals surface area (Å²) in [6.07, 6.45) is 5.33. The van der Waals surface area contributed by atoms with Gasteiger partial charge in [0.25, 0.3) is 5.91 Å². The van der Waals surface area contributed by atoms with E-state index in [1.165, 1.54) is 30.2 Å². The second kappa shape index (κ2) is 7.32. The summed E-state index contributed by atoms with van der Waals surface area (Å²) in [5.41, 5.74) is 0.446. The van der Waals surface area contributed by atoms with Crippen molar-refractivity contribution in [1.29, 1.82) is 0 Å². The van der Waals surface area contributed by atoms with E-state index in [2.05, 4.69) is 0 Å². The molecule has 0 spiro atoms. The van der Waals surface area contributed by atoms with Crippen LogP contribution in [0.15, 0.2) is 24.3 Å². The minimum Gasteiger partial charge on any atom is -0.456 e. The van der Waals surface area contributed by atoms with Gasteiger partial charge in [-0.15, -0.1) is 0 Å². The summed E-state index contributed by atoms with van der Waals surface area (Å²) in [5.74, 6) is 0.941. The summed E-state index contributed by atoms with van der Waals surface area (Å²) < 4.78 is 18.7. The number of benzene rings is 1. The van der Waals surface area contributed by atoms with Crippen molar-refractivity contribution < 1.29 is 18.7 Å². The first-order valence-corrected chi connectivity index (χ1v) is 8.66. The second-order valence-electron chi connectivity index (χ2n) is 7.14. The van der Waals surface area contributed by atoms with Crippen molar-refractivity contribution in [3.8, 4) is 0 Å². The van der Waals surface area contributed by atoms with Gasteiger partial charge in [0.05, 0.1) is 0 Å². The lowest BCUT2D eigenvalue weighted by atomic mass is 9.86. The number of likely N-dealkylation sites (N-methyl/N-ethyl adjacent to an activating group) is 1. The molecule has 0 aliphatic heterocycles. The molecule has 0 saturated heterocycles. The summed E-state index contributed by atoms with van der Waals surface area (Å²) >= 11 is 0. The molecule has 0 aromatic heterocycles. The Kier molecular flexibility index (Phi) is 5.17. The molecule has 0 radical (unpaired) electrons. The Morgan fingerprint density at radius 3 is 2.71 bits per heavy atom. The fraction of sp³-hybridized carbons (Fsp3) is 0.579. The summed E-state index contributed by atoms with van der Waals surface area (Å²) in [5, 5.41) is 0. The van der Waals surface area contributed by atoms with Crippen LogP contribution in [0.1, 0.15) is 37.7 Å². The molecule has 3 atom stereocenters. The van der Waals surface area contributed by atoms with Crippen LogP contribution in [0.3, 0.4) is 0 Å². The number of fused-ring (bicyclic) bond motifs is 2. The minimum absolute atomic E-state index is 0.162. The quantitative estimate of drug-likeness (QED) is 0.751. The maximum Gasteiger partial charge on any atom is 0.306 e. The molecule has 1 aromatic rings. The number of hydrogen-bond acceptors (Lipinski definition) is 3. The van der Waals surface area contributed by atoms with Crippen LogP contribution in [0.25, 0.3) is 0 Å². The number of hydrogen-bond donors (Lipinski definition) is 0. The Morgan fingerprint density at radius 1 is 1.25 bits per heavy atom. The Morgan fingerprint density at radius 2 is 2.04 bits per heavy atom. The van der Waals surface area contributed by atoms with Gasteiger partial charge < -0.3 is 9.64 Å². The average molecular weight is 333 g/mol. The van der Waals surface area contributed by atoms with E-state index in [-0.39, 0.29) is 30.8 Å². The lowest BCUT2D eigenvalue weighted by Gasteiger charge is -2.21. The normalized spacial score (nSPS) is 24.8. The molecule has 0 heterocycles. The first-order chi connectivity index (χ1) is 11.5. The zero-order chi connectivity index (χ0) is 17.1. The number of amides is 1. The fourth-order valence-electron chi connectivity index (χ4n) is 4.12. The summed E-state index contributed by atoms with van der Waals surface area (Å²) in [6, 6.07) is 6.34. The first kappa shape index (κ1) is 16.9. The van der Waals surface area contributed by atoms with Crippen molar-refractivity contribution in [1.82, 2.24) is 4.90 Å². The van der Waals surface area contributed by atoms with Crippen LogP contribution in [-0.4, -0.2) is 30.4 Å². The van der Waals surface area contributed by atoms with Crippen LogP contribution in [0, 0.1) is 23.6 Å². The molecule has 4 nitrogen and oxygen atoms in total. The third kappa shape index (κ3) is 3.94. The van der Waals surface area contributed by atoms with Crippen LogP contribution in [0.4, 0.5) is 4.39 Å². The highest BCUT2D eigenvalue weighted by molar-refractivity contribution is 5.80. The average Bonchev–Trinajstić information content (AvgIpc) is 3.17. The second-order valence-corrected chi connectivity index (χ2v) is 7.14. The molecule has 2 aliphatic rings. The summed E-state index contributed by atoms with van der Waals surface area (Å²) in [4.78, 5) is 25.4. The molecular weight excluding hydrogens is 309 g/mol. The van der Waals surface area contributed by atoms with Gasteiger partial charge in [0.15, 0.2) is 6.61 Å². The zero-order valence-corrected chi connectivity index (χ0v) is 14.0. The van der Waals surface area contributed by atoms with E-state index < -0.39 is 0 Å². The van der Waals surface area contributed by atoms with Gasteiger partial charge >= 0.3 is 5.97 Å². The van der Waals surface area contributed by atoms with Crippen molar-refractivity contribution >= 4 is 11.9 Å². The van der Waals surface area contributed by atoms with Crippen LogP contribution < -0.4 is 0 Å². The van der Waals surface area contributed by atoms with Crippen molar-refractivity contribution in [2.45, 2.75) is 38.6 Å². The SMILES string of the molecule is CN(Cc1ccccc1F)C(=O)COC(=O)CC1CC2CCC1C2. The number of rotatable bonds is 6. The Labute approximate surface area is 142 Å². The maximum atomic E-state index is 13.6. The number of halogens is 1. The topological polar surface area (TPSA) is 46.6 Å². The van der Waals surface area contributed by atoms with E-state index in [9.17, 15) is 14.0 Å². The Balaban J connectivity index is 1.41. The van der Waals surface area contributed by atoms with E-state index in [0.29, 0.717) is 23.8 Å². The predicted molar refractivity (Wildman–Crippen MR) is 87.4 cm³/mol. The molecule has 130 valence electrons. The van der Waals surface area contributed by atoms with Gasteiger partial charge in [0, 0.05) is 25.6 Å². The van der Waals surface area contributed by atoms with Gasteiger partial charge in [0.2, 0.25) is 0 Å². The molecule has 1 amide bonds. The van der Waals surface area contributed by atoms with Gasteiger partial charge in [-0.1, -0.05) is 24.6 Å². The lowest BCUT2D eigenvalue weighted by molar-refractivity contribution is -0.152. The van der Waals surface area contributed by atoms with Gasteiger partial charge in [-0.05, 0) is 43.1 Å². The molecule has 2 saturated carbocycles. The molecule has 2 bridgehead atoms. The smallest absolute Gasteiger partial charge is 0.306 e. The van der Waals surface area contributed by atoms with Crippen molar-refractivity contribution in [3.63, 3.8) is 0 Å². The maximum absolute atomic E-state index is 13.6. The largest absolute Gasteiger partial charge is 0.456 e. The summed E-state index contributed by atoms with van der Waals surface area (Å²) in [7, 11) is 1.58. The highest BCUT2D eigenvalue weighted by atomic mass is 19.1. The van der Waals surface area contributed by atoms with E-state index >= 15 is 0 Å². The molecule has 5 heteroatoms. The molecule has 2 aliphatic carbocycles. The van der Waals surface area contributed by atoms with Crippen molar-refractivity contribution in [3.05, 3.63) is 35.6 Å². The molecular formula is C19H24FNO3. The van der Waals surface area contributed by atoms with E-state index in [1.807, 2.05) is 0 Å². The Hall–Kier alpha value is -1.91. The fourth-order valence-corrected chi connectivity index (χ4v) is 4.12. The number of ether oxygens (including phenoxy) is 1. The highest BCUT2D eigenvalue weighted by Crippen LogP contribution is 2.49. The van der Waals surface area contributed by atoms with Gasteiger partial charge in [-0.3, -0.25) is 9.59 Å². The van der Waals surface area contributed by atoms with Crippen LogP contribution in [0.2, 0.25) is 0 Å². The van der Waals surface area contributed by atoms with E-state index in [0.717, 1.165) is 12.3 Å². The minimum atomic E-state index is -0.342. The van der Waals surface area contributed by atoms with E-state index in [4.69, 9.17) is 4.74 Å². The molecule has 0 N–H and O–H groups in total.